The third-order valence-electron chi connectivity index (χ3n) is 3.87. The van der Waals surface area contributed by atoms with Crippen LogP contribution in [0.3, 0.4) is 0 Å². The van der Waals surface area contributed by atoms with Crippen LogP contribution in [0.25, 0.3) is 0 Å². The van der Waals surface area contributed by atoms with E-state index in [-0.39, 0.29) is 11.5 Å². The minimum Gasteiger partial charge on any atom is -0.378 e. The number of anilines is 1. The van der Waals surface area contributed by atoms with Crippen LogP contribution in [0.15, 0.2) is 23.4 Å². The molecule has 134 valence electrons. The Morgan fingerprint density at radius 2 is 2.04 bits per heavy atom. The zero-order chi connectivity index (χ0) is 17.8. The number of carbonyl (C=O) groups excluding carboxylic acids is 1. The number of hydrogen-bond donors (Lipinski definition) is 0. The van der Waals surface area contributed by atoms with Crippen LogP contribution in [0.5, 0.6) is 0 Å². The topological polar surface area (TPSA) is 60.2 Å². The number of morpholine rings is 1. The molecule has 0 atom stereocenters. The van der Waals surface area contributed by atoms with Gasteiger partial charge in [-0.2, -0.15) is 0 Å². The molecule has 6 nitrogen and oxygen atoms in total. The van der Waals surface area contributed by atoms with E-state index in [0.717, 1.165) is 30.7 Å². The molecule has 1 aromatic carbocycles. The van der Waals surface area contributed by atoms with Crippen LogP contribution < -0.4 is 4.90 Å². The highest BCUT2D eigenvalue weighted by Crippen LogP contribution is 2.26. The van der Waals surface area contributed by atoms with Crippen molar-refractivity contribution in [1.82, 2.24) is 14.8 Å². The Balaban J connectivity index is 1.70. The zero-order valence-electron chi connectivity index (χ0n) is 13.7. The number of ketones is 1. The van der Waals surface area contributed by atoms with Crippen molar-refractivity contribution in [3.63, 3.8) is 0 Å². The van der Waals surface area contributed by atoms with E-state index in [1.165, 1.54) is 11.8 Å². The molecular weight excluding hydrogens is 383 g/mol. The predicted octanol–water partition coefficient (Wildman–Crippen LogP) is 3.42. The van der Waals surface area contributed by atoms with Crippen molar-refractivity contribution < 1.29 is 9.53 Å². The summed E-state index contributed by atoms with van der Waals surface area (Å²) in [5.74, 6) is 0.998. The number of ether oxygens (including phenoxy) is 1. The molecule has 9 heteroatoms. The number of aromatic nitrogens is 3. The monoisotopic (exact) mass is 400 g/mol. The standard InChI is InChI=1S/C16H18Cl2N4O2S/c1-2-22-15(21-5-7-24-8-6-21)19-20-16(22)25-10-14(23)12-4-3-11(17)9-13(12)18/h3-4,9H,2,5-8,10H2,1H3. The summed E-state index contributed by atoms with van der Waals surface area (Å²) in [4.78, 5) is 14.6. The predicted molar refractivity (Wildman–Crippen MR) is 100 cm³/mol. The summed E-state index contributed by atoms with van der Waals surface area (Å²) in [6, 6.07) is 4.89. The van der Waals surface area contributed by atoms with Crippen molar-refractivity contribution >= 4 is 46.7 Å². The summed E-state index contributed by atoms with van der Waals surface area (Å²) >= 11 is 13.3. The molecule has 1 aliphatic heterocycles. The van der Waals surface area contributed by atoms with Gasteiger partial charge in [-0.1, -0.05) is 35.0 Å². The molecule has 1 aromatic heterocycles. The van der Waals surface area contributed by atoms with Crippen LogP contribution in [0.4, 0.5) is 5.95 Å². The van der Waals surface area contributed by atoms with Crippen LogP contribution in [-0.2, 0) is 11.3 Å². The van der Waals surface area contributed by atoms with E-state index < -0.39 is 0 Å². The highest BCUT2D eigenvalue weighted by atomic mass is 35.5. The van der Waals surface area contributed by atoms with Gasteiger partial charge >= 0.3 is 0 Å². The Kier molecular flexibility index (Phi) is 6.22. The first-order valence-corrected chi connectivity index (χ1v) is 9.71. The molecule has 0 bridgehead atoms. The van der Waals surface area contributed by atoms with E-state index in [0.29, 0.717) is 28.8 Å². The van der Waals surface area contributed by atoms with Gasteiger partial charge in [-0.3, -0.25) is 9.36 Å². The van der Waals surface area contributed by atoms with Gasteiger partial charge in [0.15, 0.2) is 10.9 Å². The molecule has 1 saturated heterocycles. The molecular formula is C16H18Cl2N4O2S. The second-order valence-corrected chi connectivity index (χ2v) is 7.25. The van der Waals surface area contributed by atoms with Crippen molar-refractivity contribution in [2.24, 2.45) is 0 Å². The maximum atomic E-state index is 12.4. The van der Waals surface area contributed by atoms with E-state index in [1.807, 2.05) is 11.5 Å². The number of rotatable bonds is 6. The molecule has 1 aliphatic rings. The van der Waals surface area contributed by atoms with Gasteiger partial charge in [0.05, 0.1) is 24.0 Å². The first kappa shape index (κ1) is 18.5. The number of nitrogens with zero attached hydrogens (tertiary/aromatic N) is 4. The number of benzene rings is 1. The van der Waals surface area contributed by atoms with E-state index in [1.54, 1.807) is 18.2 Å². The Hall–Kier alpha value is -1.28. The van der Waals surface area contributed by atoms with Crippen molar-refractivity contribution in [3.05, 3.63) is 33.8 Å². The first-order chi connectivity index (χ1) is 12.1. The van der Waals surface area contributed by atoms with Gasteiger partial charge in [0, 0.05) is 30.2 Å². The first-order valence-electron chi connectivity index (χ1n) is 7.97. The summed E-state index contributed by atoms with van der Waals surface area (Å²) in [6.07, 6.45) is 0. The molecule has 1 fully saturated rings. The van der Waals surface area contributed by atoms with Crippen LogP contribution in [-0.4, -0.2) is 52.6 Å². The fraction of sp³-hybridized carbons (Fsp3) is 0.438. The third kappa shape index (κ3) is 4.28. The van der Waals surface area contributed by atoms with Crippen LogP contribution in [0, 0.1) is 0 Å². The van der Waals surface area contributed by atoms with E-state index in [9.17, 15) is 4.79 Å². The fourth-order valence-electron chi connectivity index (χ4n) is 2.59. The normalized spacial score (nSPS) is 14.8. The lowest BCUT2D eigenvalue weighted by atomic mass is 10.1. The maximum absolute atomic E-state index is 12.4. The highest BCUT2D eigenvalue weighted by Gasteiger charge is 2.21. The second-order valence-electron chi connectivity index (χ2n) is 5.46. The van der Waals surface area contributed by atoms with Gasteiger partial charge in [-0.15, -0.1) is 10.2 Å². The molecule has 2 heterocycles. The summed E-state index contributed by atoms with van der Waals surface area (Å²) < 4.78 is 7.40. The molecule has 3 rings (SSSR count). The lowest BCUT2D eigenvalue weighted by Crippen LogP contribution is -2.38. The molecule has 0 N–H and O–H groups in total. The minimum absolute atomic E-state index is 0.0646. The maximum Gasteiger partial charge on any atom is 0.228 e. The Labute approximate surface area is 160 Å². The average molecular weight is 401 g/mol. The average Bonchev–Trinajstić information content (AvgIpc) is 3.03. The molecule has 0 saturated carbocycles. The fourth-order valence-corrected chi connectivity index (χ4v) is 3.98. The molecule has 0 spiro atoms. The number of hydrogen-bond acceptors (Lipinski definition) is 6. The molecule has 0 radical (unpaired) electrons. The van der Waals surface area contributed by atoms with Gasteiger partial charge in [-0.25, -0.2) is 0 Å². The molecule has 0 aliphatic carbocycles. The molecule has 2 aromatic rings. The number of halogens is 2. The second kappa shape index (κ2) is 8.40. The van der Waals surface area contributed by atoms with Crippen molar-refractivity contribution in [1.29, 1.82) is 0 Å². The largest absolute Gasteiger partial charge is 0.378 e. The number of thioether (sulfide) groups is 1. The van der Waals surface area contributed by atoms with Crippen LogP contribution >= 0.6 is 35.0 Å². The summed E-state index contributed by atoms with van der Waals surface area (Å²) in [7, 11) is 0. The quantitative estimate of drug-likeness (QED) is 0.546. The van der Waals surface area contributed by atoms with E-state index in [2.05, 4.69) is 15.1 Å². The zero-order valence-corrected chi connectivity index (χ0v) is 16.1. The number of carbonyl (C=O) groups is 1. The molecule has 0 unspecified atom stereocenters. The number of Topliss-reactive ketones (excluding diaryl/α,β-unsaturated/α-hetero) is 1. The lowest BCUT2D eigenvalue weighted by Gasteiger charge is -2.27. The van der Waals surface area contributed by atoms with Gasteiger partial charge in [-0.05, 0) is 25.1 Å². The highest BCUT2D eigenvalue weighted by molar-refractivity contribution is 7.99. The minimum atomic E-state index is -0.0646. The van der Waals surface area contributed by atoms with Gasteiger partial charge in [0.25, 0.3) is 0 Å². The smallest absolute Gasteiger partial charge is 0.228 e. The van der Waals surface area contributed by atoms with Crippen LogP contribution in [0.1, 0.15) is 17.3 Å². The van der Waals surface area contributed by atoms with E-state index in [4.69, 9.17) is 27.9 Å². The SMILES string of the molecule is CCn1c(SCC(=O)c2ccc(Cl)cc2Cl)nnc1N1CCOCC1. The van der Waals surface area contributed by atoms with Gasteiger partial charge in [0.2, 0.25) is 5.95 Å². The summed E-state index contributed by atoms with van der Waals surface area (Å²) in [5.41, 5.74) is 0.467. The molecule has 25 heavy (non-hydrogen) atoms. The third-order valence-corrected chi connectivity index (χ3v) is 5.39. The van der Waals surface area contributed by atoms with Gasteiger partial charge in [0.1, 0.15) is 0 Å². The molecule has 0 amide bonds. The van der Waals surface area contributed by atoms with Gasteiger partial charge < -0.3 is 9.64 Å². The van der Waals surface area contributed by atoms with Crippen LogP contribution in [0.2, 0.25) is 10.0 Å². The Morgan fingerprint density at radius 3 is 2.72 bits per heavy atom. The lowest BCUT2D eigenvalue weighted by molar-refractivity contribution is 0.102. The summed E-state index contributed by atoms with van der Waals surface area (Å²) in [6.45, 7) is 5.73. The Bertz CT molecular complexity index is 763. The van der Waals surface area contributed by atoms with Crippen molar-refractivity contribution in [2.75, 3.05) is 37.0 Å². The Morgan fingerprint density at radius 1 is 1.28 bits per heavy atom. The summed E-state index contributed by atoms with van der Waals surface area (Å²) in [5, 5.41) is 10.1. The van der Waals surface area contributed by atoms with E-state index >= 15 is 0 Å². The van der Waals surface area contributed by atoms with Crippen molar-refractivity contribution in [2.45, 2.75) is 18.6 Å². The van der Waals surface area contributed by atoms with Crippen molar-refractivity contribution in [3.8, 4) is 0 Å².